The molecule has 1 N–H and O–H groups in total. The number of unbranched alkanes of at least 4 members (excludes halogenated alkanes) is 1. The number of rotatable bonds is 14. The van der Waals surface area contributed by atoms with E-state index in [1.165, 1.54) is 11.0 Å². The normalized spacial score (nSPS) is 12.2. The van der Waals surface area contributed by atoms with Crippen LogP contribution in [-0.4, -0.2) is 50.5 Å². The lowest BCUT2D eigenvalue weighted by Crippen LogP contribution is -2.49. The molecule has 7 nitrogen and oxygen atoms in total. The molecule has 0 bridgehead atoms. The number of carbonyl (C=O) groups excluding carboxylic acids is 2. The molecule has 2 aromatic rings. The quantitative estimate of drug-likeness (QED) is 0.335. The lowest BCUT2D eigenvalue weighted by Gasteiger charge is -2.31. The van der Waals surface area contributed by atoms with Gasteiger partial charge in [-0.1, -0.05) is 44.0 Å². The Labute approximate surface area is 222 Å². The lowest BCUT2D eigenvalue weighted by molar-refractivity contribution is -0.141. The van der Waals surface area contributed by atoms with Crippen LogP contribution in [0.5, 0.6) is 0 Å². The summed E-state index contributed by atoms with van der Waals surface area (Å²) < 4.78 is 52.7. The van der Waals surface area contributed by atoms with E-state index < -0.39 is 27.7 Å². The molecule has 37 heavy (non-hydrogen) atoms. The Morgan fingerprint density at radius 3 is 2.27 bits per heavy atom. The Balaban J connectivity index is 2.20. The second-order valence-electron chi connectivity index (χ2n) is 8.75. The third kappa shape index (κ3) is 9.27. The first-order valence-corrected chi connectivity index (χ1v) is 14.4. The Morgan fingerprint density at radius 1 is 1.03 bits per heavy atom. The van der Waals surface area contributed by atoms with E-state index in [0.717, 1.165) is 41.1 Å². The molecule has 0 unspecified atom stereocenters. The van der Waals surface area contributed by atoms with Crippen molar-refractivity contribution in [3.63, 3.8) is 0 Å². The van der Waals surface area contributed by atoms with Crippen LogP contribution < -0.4 is 9.62 Å². The van der Waals surface area contributed by atoms with Gasteiger partial charge >= 0.3 is 0 Å². The van der Waals surface area contributed by atoms with Crippen LogP contribution in [0, 0.1) is 11.6 Å². The summed E-state index contributed by atoms with van der Waals surface area (Å²) in [6.07, 6.45) is 3.13. The maximum atomic E-state index is 13.7. The van der Waals surface area contributed by atoms with Crippen LogP contribution in [0.15, 0.2) is 42.5 Å². The van der Waals surface area contributed by atoms with Crippen LogP contribution in [0.2, 0.25) is 5.02 Å². The molecular formula is C26H34ClF2N3O4S. The minimum absolute atomic E-state index is 0.0337. The molecule has 2 rings (SSSR count). The van der Waals surface area contributed by atoms with E-state index in [-0.39, 0.29) is 43.4 Å². The fourth-order valence-corrected chi connectivity index (χ4v) is 4.94. The van der Waals surface area contributed by atoms with Gasteiger partial charge in [-0.05, 0) is 49.1 Å². The molecule has 1 atom stereocenters. The molecule has 0 saturated carbocycles. The van der Waals surface area contributed by atoms with E-state index in [4.69, 9.17) is 11.6 Å². The summed E-state index contributed by atoms with van der Waals surface area (Å²) in [5.74, 6) is -2.84. The van der Waals surface area contributed by atoms with Crippen LogP contribution in [0.1, 0.15) is 51.5 Å². The van der Waals surface area contributed by atoms with Gasteiger partial charge in [-0.3, -0.25) is 13.9 Å². The van der Waals surface area contributed by atoms with Crippen LogP contribution in [0.4, 0.5) is 14.5 Å². The van der Waals surface area contributed by atoms with Crippen molar-refractivity contribution in [2.45, 2.75) is 58.5 Å². The van der Waals surface area contributed by atoms with Crippen molar-refractivity contribution in [2.24, 2.45) is 0 Å². The van der Waals surface area contributed by atoms with E-state index in [1.54, 1.807) is 24.3 Å². The van der Waals surface area contributed by atoms with Gasteiger partial charge in [-0.25, -0.2) is 17.2 Å². The molecule has 2 amide bonds. The van der Waals surface area contributed by atoms with E-state index in [1.807, 2.05) is 13.8 Å². The Bertz CT molecular complexity index is 1160. The van der Waals surface area contributed by atoms with Crippen LogP contribution >= 0.6 is 11.6 Å². The van der Waals surface area contributed by atoms with Crippen molar-refractivity contribution in [2.75, 3.05) is 23.7 Å². The number of hydrogen-bond donors (Lipinski definition) is 1. The molecule has 0 aliphatic carbocycles. The molecule has 0 aromatic heterocycles. The van der Waals surface area contributed by atoms with Gasteiger partial charge < -0.3 is 10.2 Å². The fourth-order valence-electron chi connectivity index (χ4n) is 3.86. The van der Waals surface area contributed by atoms with Gasteiger partial charge in [0.15, 0.2) is 11.6 Å². The standard InChI is InChI=1S/C26H34ClF2N3O4S/c1-4-6-15-30-26(34)24(5-2)31(18-19-9-11-20(27)12-10-19)25(33)8-7-16-32(37(3,35)36)21-13-14-22(28)23(29)17-21/h9-14,17,24H,4-8,15-16,18H2,1-3H3,(H,30,34)/t24-/m1/s1. The van der Waals surface area contributed by atoms with Crippen molar-refractivity contribution in [3.05, 3.63) is 64.7 Å². The van der Waals surface area contributed by atoms with E-state index in [0.29, 0.717) is 18.0 Å². The average molecular weight is 558 g/mol. The Morgan fingerprint density at radius 2 is 1.70 bits per heavy atom. The monoisotopic (exact) mass is 557 g/mol. The summed E-state index contributed by atoms with van der Waals surface area (Å²) in [6.45, 7) is 4.39. The van der Waals surface area contributed by atoms with Crippen molar-refractivity contribution in [3.8, 4) is 0 Å². The highest BCUT2D eigenvalue weighted by Gasteiger charge is 2.29. The summed E-state index contributed by atoms with van der Waals surface area (Å²) in [4.78, 5) is 27.8. The minimum atomic E-state index is -3.82. The number of halogens is 3. The number of nitrogens with zero attached hydrogens (tertiary/aromatic N) is 2. The van der Waals surface area contributed by atoms with Crippen molar-refractivity contribution >= 4 is 39.1 Å². The summed E-state index contributed by atoms with van der Waals surface area (Å²) in [5.41, 5.74) is 0.755. The van der Waals surface area contributed by atoms with Crippen LogP contribution in [-0.2, 0) is 26.2 Å². The molecule has 2 aromatic carbocycles. The molecule has 0 radical (unpaired) electrons. The zero-order valence-corrected chi connectivity index (χ0v) is 22.9. The molecule has 0 saturated heterocycles. The summed E-state index contributed by atoms with van der Waals surface area (Å²) >= 11 is 5.98. The van der Waals surface area contributed by atoms with Crippen LogP contribution in [0.3, 0.4) is 0 Å². The molecule has 0 aliphatic rings. The number of sulfonamides is 1. The molecule has 0 aliphatic heterocycles. The number of amides is 2. The second kappa shape index (κ2) is 14.3. The highest BCUT2D eigenvalue weighted by Crippen LogP contribution is 2.22. The third-order valence-corrected chi connectivity index (χ3v) is 7.27. The Kier molecular flexibility index (Phi) is 11.8. The summed E-state index contributed by atoms with van der Waals surface area (Å²) in [7, 11) is -3.82. The molecule has 0 heterocycles. The highest BCUT2D eigenvalue weighted by molar-refractivity contribution is 7.92. The maximum absolute atomic E-state index is 13.7. The molecule has 0 spiro atoms. The summed E-state index contributed by atoms with van der Waals surface area (Å²) in [5, 5.41) is 3.43. The van der Waals surface area contributed by atoms with Crippen molar-refractivity contribution < 1.29 is 26.8 Å². The van der Waals surface area contributed by atoms with E-state index in [2.05, 4.69) is 5.32 Å². The third-order valence-electron chi connectivity index (χ3n) is 5.82. The van der Waals surface area contributed by atoms with Crippen molar-refractivity contribution in [1.82, 2.24) is 10.2 Å². The summed E-state index contributed by atoms with van der Waals surface area (Å²) in [6, 6.07) is 9.07. The average Bonchev–Trinajstić information content (AvgIpc) is 2.84. The fraction of sp³-hybridized carbons (Fsp3) is 0.462. The maximum Gasteiger partial charge on any atom is 0.242 e. The molecular weight excluding hydrogens is 524 g/mol. The molecule has 204 valence electrons. The molecule has 0 fully saturated rings. The first-order valence-electron chi connectivity index (χ1n) is 12.2. The van der Waals surface area contributed by atoms with Gasteiger partial charge in [0, 0.05) is 37.1 Å². The van der Waals surface area contributed by atoms with Gasteiger partial charge in [0.05, 0.1) is 11.9 Å². The zero-order valence-electron chi connectivity index (χ0n) is 21.3. The molecule has 11 heteroatoms. The smallest absolute Gasteiger partial charge is 0.242 e. The van der Waals surface area contributed by atoms with Gasteiger partial charge in [0.25, 0.3) is 0 Å². The zero-order chi connectivity index (χ0) is 27.6. The topological polar surface area (TPSA) is 86.8 Å². The number of hydrogen-bond acceptors (Lipinski definition) is 4. The Hall–Kier alpha value is -2.72. The highest BCUT2D eigenvalue weighted by atomic mass is 35.5. The predicted molar refractivity (Wildman–Crippen MR) is 142 cm³/mol. The number of anilines is 1. The second-order valence-corrected chi connectivity index (χ2v) is 11.1. The lowest BCUT2D eigenvalue weighted by atomic mass is 10.1. The first-order chi connectivity index (χ1) is 17.5. The predicted octanol–water partition coefficient (Wildman–Crippen LogP) is 4.89. The number of carbonyl (C=O) groups is 2. The largest absolute Gasteiger partial charge is 0.354 e. The van der Waals surface area contributed by atoms with Gasteiger partial charge in [0.1, 0.15) is 6.04 Å². The number of benzene rings is 2. The first kappa shape index (κ1) is 30.5. The van der Waals surface area contributed by atoms with Gasteiger partial charge in [-0.2, -0.15) is 0 Å². The van der Waals surface area contributed by atoms with E-state index in [9.17, 15) is 26.8 Å². The van der Waals surface area contributed by atoms with Gasteiger partial charge in [0.2, 0.25) is 21.8 Å². The van der Waals surface area contributed by atoms with Gasteiger partial charge in [-0.15, -0.1) is 0 Å². The number of nitrogens with one attached hydrogen (secondary N) is 1. The van der Waals surface area contributed by atoms with E-state index >= 15 is 0 Å². The minimum Gasteiger partial charge on any atom is -0.354 e. The van der Waals surface area contributed by atoms with Crippen LogP contribution in [0.25, 0.3) is 0 Å². The van der Waals surface area contributed by atoms with Crippen molar-refractivity contribution in [1.29, 1.82) is 0 Å². The SMILES string of the molecule is CCCCNC(=O)[C@@H](CC)N(Cc1ccc(Cl)cc1)C(=O)CCCN(c1ccc(F)c(F)c1)S(C)(=O)=O.